The fourth-order valence-corrected chi connectivity index (χ4v) is 1.84. The predicted molar refractivity (Wildman–Crippen MR) is 111 cm³/mol. The Bertz CT molecular complexity index is 652. The third-order valence-electron chi connectivity index (χ3n) is 2.75. The molecule has 0 bridgehead atoms. The fraction of sp³-hybridized carbons (Fsp3) is 0.273. The zero-order valence-corrected chi connectivity index (χ0v) is 16.3. The Morgan fingerprint density at radius 3 is 1.72 bits per heavy atom. The van der Waals surface area contributed by atoms with E-state index in [9.17, 15) is 0 Å². The first-order valence-electron chi connectivity index (χ1n) is 9.11. The van der Waals surface area contributed by atoms with Crippen molar-refractivity contribution in [1.29, 1.82) is 0 Å². The second-order valence-electron chi connectivity index (χ2n) is 4.15. The van der Waals surface area contributed by atoms with Crippen LogP contribution in [0, 0.1) is 0 Å². The summed E-state index contributed by atoms with van der Waals surface area (Å²) >= 11 is 0. The molecule has 1 N–H and O–H groups in total. The van der Waals surface area contributed by atoms with E-state index >= 15 is 0 Å². The Kier molecular flexibility index (Phi) is 13.3. The van der Waals surface area contributed by atoms with Crippen molar-refractivity contribution in [3.8, 4) is 11.3 Å². The van der Waals surface area contributed by atoms with Crippen LogP contribution in [-0.2, 0) is 0 Å². The quantitative estimate of drug-likeness (QED) is 0.561. The van der Waals surface area contributed by atoms with Crippen LogP contribution in [0.5, 0.6) is 0 Å². The van der Waals surface area contributed by atoms with Gasteiger partial charge in [0.15, 0.2) is 0 Å². The van der Waals surface area contributed by atoms with Gasteiger partial charge in [-0.25, -0.2) is 4.98 Å². The average molecular weight is 338 g/mol. The lowest BCUT2D eigenvalue weighted by atomic mass is 10.2. The molecular weight excluding hydrogens is 306 g/mol. The molecule has 0 aliphatic carbocycles. The molecule has 0 amide bonds. The molecule has 25 heavy (non-hydrogen) atoms. The summed E-state index contributed by atoms with van der Waals surface area (Å²) < 4.78 is 0. The minimum Gasteiger partial charge on any atom is -0.339 e. The summed E-state index contributed by atoms with van der Waals surface area (Å²) in [4.78, 5) is 8.80. The predicted octanol–water partition coefficient (Wildman–Crippen LogP) is 6.97. The number of benzene rings is 2. The molecule has 0 atom stereocenters. The highest BCUT2D eigenvalue weighted by Gasteiger charge is 2.01. The summed E-state index contributed by atoms with van der Waals surface area (Å²) in [6, 6.07) is 20.0. The van der Waals surface area contributed by atoms with E-state index in [0.29, 0.717) is 0 Å². The van der Waals surface area contributed by atoms with Gasteiger partial charge in [0.25, 0.3) is 0 Å². The molecule has 134 valence electrons. The molecule has 0 unspecified atom stereocenters. The van der Waals surface area contributed by atoms with Crippen LogP contribution in [0.3, 0.4) is 0 Å². The summed E-state index contributed by atoms with van der Waals surface area (Å²) in [5.74, 6) is 0.743. The fourth-order valence-electron chi connectivity index (χ4n) is 1.84. The van der Waals surface area contributed by atoms with E-state index < -0.39 is 0 Å². The molecule has 0 radical (unpaired) electrons. The molecule has 1 heterocycles. The number of nitrogens with one attached hydrogen (secondary N) is 1. The van der Waals surface area contributed by atoms with Crippen LogP contribution in [0.15, 0.2) is 73.1 Å². The van der Waals surface area contributed by atoms with Crippen molar-refractivity contribution in [2.45, 2.75) is 41.5 Å². The van der Waals surface area contributed by atoms with Gasteiger partial charge in [-0.3, -0.25) is 4.98 Å². The van der Waals surface area contributed by atoms with Crippen LogP contribution in [0.4, 0.5) is 11.5 Å². The second kappa shape index (κ2) is 14.9. The first kappa shape index (κ1) is 22.3. The Labute approximate surface area is 153 Å². The number of para-hydroxylation sites is 1. The lowest BCUT2D eigenvalue weighted by Gasteiger charge is -2.06. The van der Waals surface area contributed by atoms with Gasteiger partial charge in [0.05, 0.1) is 18.1 Å². The van der Waals surface area contributed by atoms with Crippen LogP contribution in [0.2, 0.25) is 0 Å². The SMILES string of the molecule is CC.CC.CC.c1ccc(Nc2cncc(-c3ccccc3)n2)cc1. The highest BCUT2D eigenvalue weighted by molar-refractivity contribution is 5.62. The third kappa shape index (κ3) is 8.11. The van der Waals surface area contributed by atoms with E-state index in [4.69, 9.17) is 0 Å². The van der Waals surface area contributed by atoms with Gasteiger partial charge < -0.3 is 5.32 Å². The molecule has 0 spiro atoms. The largest absolute Gasteiger partial charge is 0.339 e. The molecule has 3 nitrogen and oxygen atoms in total. The van der Waals surface area contributed by atoms with E-state index in [1.807, 2.05) is 102 Å². The van der Waals surface area contributed by atoms with E-state index in [1.165, 1.54) is 0 Å². The van der Waals surface area contributed by atoms with Crippen molar-refractivity contribution in [3.05, 3.63) is 73.1 Å². The summed E-state index contributed by atoms with van der Waals surface area (Å²) in [5.41, 5.74) is 2.93. The maximum absolute atomic E-state index is 4.56. The first-order chi connectivity index (χ1) is 12.4. The maximum Gasteiger partial charge on any atom is 0.149 e. The summed E-state index contributed by atoms with van der Waals surface area (Å²) in [7, 11) is 0. The van der Waals surface area contributed by atoms with Crippen LogP contribution in [-0.4, -0.2) is 9.97 Å². The van der Waals surface area contributed by atoms with Gasteiger partial charge in [0, 0.05) is 11.3 Å². The monoisotopic (exact) mass is 337 g/mol. The second-order valence-corrected chi connectivity index (χ2v) is 4.15. The van der Waals surface area contributed by atoms with Crippen LogP contribution < -0.4 is 5.32 Å². The number of rotatable bonds is 3. The van der Waals surface area contributed by atoms with Gasteiger partial charge in [-0.2, -0.15) is 0 Å². The van der Waals surface area contributed by atoms with Crippen LogP contribution in [0.25, 0.3) is 11.3 Å². The molecule has 0 aliphatic rings. The van der Waals surface area contributed by atoms with Crippen molar-refractivity contribution >= 4 is 11.5 Å². The lowest BCUT2D eigenvalue weighted by molar-refractivity contribution is 1.20. The third-order valence-corrected chi connectivity index (χ3v) is 2.75. The zero-order valence-electron chi connectivity index (χ0n) is 16.3. The average Bonchev–Trinajstić information content (AvgIpc) is 2.74. The summed E-state index contributed by atoms with van der Waals surface area (Å²) in [6.45, 7) is 12.0. The van der Waals surface area contributed by atoms with Gasteiger partial charge in [-0.05, 0) is 12.1 Å². The Morgan fingerprint density at radius 2 is 1.16 bits per heavy atom. The van der Waals surface area contributed by atoms with Crippen molar-refractivity contribution in [1.82, 2.24) is 9.97 Å². The van der Waals surface area contributed by atoms with Gasteiger partial charge in [-0.15, -0.1) is 0 Å². The summed E-state index contributed by atoms with van der Waals surface area (Å²) in [6.07, 6.45) is 3.49. The molecule has 0 fully saturated rings. The van der Waals surface area contributed by atoms with Crippen molar-refractivity contribution in [2.75, 3.05) is 5.32 Å². The van der Waals surface area contributed by atoms with E-state index in [1.54, 1.807) is 12.4 Å². The van der Waals surface area contributed by atoms with Crippen LogP contribution >= 0.6 is 0 Å². The molecule has 1 aromatic heterocycles. The van der Waals surface area contributed by atoms with Crippen LogP contribution in [0.1, 0.15) is 41.5 Å². The molecule has 0 saturated carbocycles. The summed E-state index contributed by atoms with van der Waals surface area (Å²) in [5, 5.41) is 3.24. The highest BCUT2D eigenvalue weighted by Crippen LogP contribution is 2.19. The molecule has 2 aromatic carbocycles. The smallest absolute Gasteiger partial charge is 0.149 e. The topological polar surface area (TPSA) is 37.8 Å². The van der Waals surface area contributed by atoms with Crippen molar-refractivity contribution in [3.63, 3.8) is 0 Å². The number of anilines is 2. The minimum atomic E-state index is 0.743. The Hall–Kier alpha value is -2.68. The van der Waals surface area contributed by atoms with Gasteiger partial charge in [-0.1, -0.05) is 90.1 Å². The lowest BCUT2D eigenvalue weighted by Crippen LogP contribution is -1.95. The van der Waals surface area contributed by atoms with Gasteiger partial charge >= 0.3 is 0 Å². The Morgan fingerprint density at radius 1 is 0.640 bits per heavy atom. The zero-order chi connectivity index (χ0) is 18.9. The first-order valence-corrected chi connectivity index (χ1v) is 9.11. The number of hydrogen-bond donors (Lipinski definition) is 1. The molecule has 3 aromatic rings. The van der Waals surface area contributed by atoms with Gasteiger partial charge in [0.1, 0.15) is 5.82 Å². The van der Waals surface area contributed by atoms with Crippen molar-refractivity contribution in [2.24, 2.45) is 0 Å². The minimum absolute atomic E-state index is 0.743. The highest BCUT2D eigenvalue weighted by atomic mass is 15.0. The Balaban J connectivity index is 0.000000871. The van der Waals surface area contributed by atoms with E-state index in [0.717, 1.165) is 22.8 Å². The number of nitrogens with zero attached hydrogens (tertiary/aromatic N) is 2. The molecule has 3 heteroatoms. The molecule has 0 saturated heterocycles. The number of aromatic nitrogens is 2. The normalized spacial score (nSPS) is 8.40. The molecular formula is C22H31N3. The van der Waals surface area contributed by atoms with E-state index in [2.05, 4.69) is 15.3 Å². The standard InChI is InChI=1S/C16H13N3.3C2H6/c1-3-7-13(8-4-1)15-11-17-12-16(19-15)18-14-9-5-2-6-10-14;3*1-2/h1-12H,(H,18,19);3*1-2H3. The van der Waals surface area contributed by atoms with E-state index in [-0.39, 0.29) is 0 Å². The number of hydrogen-bond acceptors (Lipinski definition) is 3. The maximum atomic E-state index is 4.56. The van der Waals surface area contributed by atoms with Gasteiger partial charge in [0.2, 0.25) is 0 Å². The molecule has 3 rings (SSSR count). The van der Waals surface area contributed by atoms with Crippen molar-refractivity contribution < 1.29 is 0 Å². The molecule has 0 aliphatic heterocycles.